The number of aryl methyl sites for hydroxylation is 1. The molecule has 0 saturated carbocycles. The van der Waals surface area contributed by atoms with Crippen molar-refractivity contribution in [1.82, 2.24) is 4.90 Å². The summed E-state index contributed by atoms with van der Waals surface area (Å²) in [6.07, 6.45) is 0. The fourth-order valence-corrected chi connectivity index (χ4v) is 2.43. The number of carbonyl (C=O) groups is 1. The molecule has 18 heavy (non-hydrogen) atoms. The van der Waals surface area contributed by atoms with Gasteiger partial charge in [-0.2, -0.15) is 0 Å². The Hall–Kier alpha value is -1.26. The number of nitrogens with zero attached hydrogens (tertiary/aromatic N) is 2. The Labute approximate surface area is 112 Å². The van der Waals surface area contributed by atoms with E-state index in [0.717, 1.165) is 17.8 Å². The highest BCUT2D eigenvalue weighted by atomic mass is 35.5. The molecule has 98 valence electrons. The summed E-state index contributed by atoms with van der Waals surface area (Å²) in [5.74, 6) is 0.0936. The van der Waals surface area contributed by atoms with Crippen LogP contribution in [0.25, 0.3) is 0 Å². The number of nitrogens with two attached hydrogens (primary N) is 1. The summed E-state index contributed by atoms with van der Waals surface area (Å²) < 4.78 is 0. The maximum Gasteiger partial charge on any atom is 0.242 e. The maximum absolute atomic E-state index is 11.9. The second-order valence-corrected chi connectivity index (χ2v) is 5.14. The van der Waals surface area contributed by atoms with Gasteiger partial charge in [0.1, 0.15) is 0 Å². The van der Waals surface area contributed by atoms with Gasteiger partial charge in [0, 0.05) is 30.8 Å². The van der Waals surface area contributed by atoms with Gasteiger partial charge in [-0.05, 0) is 24.6 Å². The number of hydrogen-bond donors (Lipinski definition) is 1. The number of amides is 1. The van der Waals surface area contributed by atoms with E-state index in [1.807, 2.05) is 32.2 Å². The van der Waals surface area contributed by atoms with Crippen molar-refractivity contribution in [1.29, 1.82) is 0 Å². The first-order valence-corrected chi connectivity index (χ1v) is 6.37. The van der Waals surface area contributed by atoms with Crippen LogP contribution in [-0.2, 0) is 4.79 Å². The highest BCUT2D eigenvalue weighted by Gasteiger charge is 2.29. The van der Waals surface area contributed by atoms with E-state index >= 15 is 0 Å². The van der Waals surface area contributed by atoms with Gasteiger partial charge in [0.15, 0.2) is 0 Å². The zero-order chi connectivity index (χ0) is 13.3. The summed E-state index contributed by atoms with van der Waals surface area (Å²) in [7, 11) is 1.81. The zero-order valence-corrected chi connectivity index (χ0v) is 11.4. The van der Waals surface area contributed by atoms with E-state index < -0.39 is 0 Å². The molecule has 0 bridgehead atoms. The summed E-state index contributed by atoms with van der Waals surface area (Å²) in [4.78, 5) is 15.7. The number of piperazine rings is 1. The Balaban J connectivity index is 2.28. The first kappa shape index (κ1) is 13.2. The highest BCUT2D eigenvalue weighted by molar-refractivity contribution is 6.30. The average molecular weight is 268 g/mol. The molecule has 1 amide bonds. The van der Waals surface area contributed by atoms with Crippen molar-refractivity contribution in [2.24, 2.45) is 5.73 Å². The molecular weight excluding hydrogens is 250 g/mol. The van der Waals surface area contributed by atoms with Crippen LogP contribution in [0.2, 0.25) is 5.02 Å². The van der Waals surface area contributed by atoms with Crippen molar-refractivity contribution in [3.63, 3.8) is 0 Å². The molecule has 0 aliphatic carbocycles. The number of likely N-dealkylation sites (N-methyl/N-ethyl adjacent to an activating group) is 1. The SMILES string of the molecule is Cc1ccc(Cl)cc1N1CC(=O)N(C)C(CN)C1. The van der Waals surface area contributed by atoms with Gasteiger partial charge in [0.25, 0.3) is 0 Å². The second kappa shape index (κ2) is 5.16. The Kier molecular flexibility index (Phi) is 3.78. The zero-order valence-electron chi connectivity index (χ0n) is 10.7. The van der Waals surface area contributed by atoms with Crippen LogP contribution in [0.15, 0.2) is 18.2 Å². The number of anilines is 1. The molecule has 1 heterocycles. The fraction of sp³-hybridized carbons (Fsp3) is 0.462. The van der Waals surface area contributed by atoms with E-state index in [9.17, 15) is 4.79 Å². The van der Waals surface area contributed by atoms with Gasteiger partial charge >= 0.3 is 0 Å². The van der Waals surface area contributed by atoms with Crippen molar-refractivity contribution in [3.8, 4) is 0 Å². The summed E-state index contributed by atoms with van der Waals surface area (Å²) in [5.41, 5.74) is 7.85. The molecule has 2 N–H and O–H groups in total. The smallest absolute Gasteiger partial charge is 0.242 e. The van der Waals surface area contributed by atoms with Crippen molar-refractivity contribution in [2.45, 2.75) is 13.0 Å². The van der Waals surface area contributed by atoms with E-state index in [2.05, 4.69) is 4.90 Å². The molecule has 0 radical (unpaired) electrons. The molecule has 1 aromatic carbocycles. The minimum absolute atomic E-state index is 0.0598. The quantitative estimate of drug-likeness (QED) is 0.878. The third-order valence-electron chi connectivity index (χ3n) is 3.48. The van der Waals surface area contributed by atoms with Crippen molar-refractivity contribution in [3.05, 3.63) is 28.8 Å². The van der Waals surface area contributed by atoms with Crippen molar-refractivity contribution < 1.29 is 4.79 Å². The number of carbonyl (C=O) groups excluding carboxylic acids is 1. The standard InChI is InChI=1S/C13H18ClN3O/c1-9-3-4-10(14)5-12(9)17-7-11(6-15)16(2)13(18)8-17/h3-5,11H,6-8,15H2,1-2H3. The van der Waals surface area contributed by atoms with E-state index in [4.69, 9.17) is 17.3 Å². The largest absolute Gasteiger partial charge is 0.360 e. The lowest BCUT2D eigenvalue weighted by Crippen LogP contribution is -2.57. The van der Waals surface area contributed by atoms with Crippen molar-refractivity contribution >= 4 is 23.2 Å². The molecular formula is C13H18ClN3O. The van der Waals surface area contributed by atoms with Crippen LogP contribution < -0.4 is 10.6 Å². The maximum atomic E-state index is 11.9. The third-order valence-corrected chi connectivity index (χ3v) is 3.72. The lowest BCUT2D eigenvalue weighted by molar-refractivity contribution is -0.131. The van der Waals surface area contributed by atoms with Crippen LogP contribution in [0.3, 0.4) is 0 Å². The molecule has 0 aromatic heterocycles. The Morgan fingerprint density at radius 3 is 2.89 bits per heavy atom. The van der Waals surface area contributed by atoms with E-state index in [1.54, 1.807) is 4.90 Å². The predicted molar refractivity (Wildman–Crippen MR) is 74.0 cm³/mol. The van der Waals surface area contributed by atoms with Crippen LogP contribution in [-0.4, -0.2) is 43.5 Å². The Morgan fingerprint density at radius 2 is 2.22 bits per heavy atom. The van der Waals surface area contributed by atoms with Gasteiger partial charge in [0.05, 0.1) is 12.6 Å². The molecule has 1 aliphatic rings. The fourth-order valence-electron chi connectivity index (χ4n) is 2.26. The van der Waals surface area contributed by atoms with Crippen molar-refractivity contribution in [2.75, 3.05) is 31.6 Å². The number of halogens is 1. The molecule has 2 rings (SSSR count). The molecule has 5 heteroatoms. The monoisotopic (exact) mass is 267 g/mol. The van der Waals surface area contributed by atoms with Crippen LogP contribution in [0.4, 0.5) is 5.69 Å². The number of benzene rings is 1. The highest BCUT2D eigenvalue weighted by Crippen LogP contribution is 2.26. The van der Waals surface area contributed by atoms with Gasteiger partial charge in [-0.3, -0.25) is 4.79 Å². The summed E-state index contributed by atoms with van der Waals surface area (Å²) in [6.45, 7) is 3.62. The molecule has 1 saturated heterocycles. The second-order valence-electron chi connectivity index (χ2n) is 4.71. The number of rotatable bonds is 2. The van der Waals surface area contributed by atoms with Crippen LogP contribution >= 0.6 is 11.6 Å². The molecule has 1 unspecified atom stereocenters. The minimum atomic E-state index is 0.0598. The van der Waals surface area contributed by atoms with E-state index in [-0.39, 0.29) is 11.9 Å². The molecule has 1 aliphatic heterocycles. The molecule has 0 spiro atoms. The van der Waals surface area contributed by atoms with Crippen LogP contribution in [0.5, 0.6) is 0 Å². The minimum Gasteiger partial charge on any atom is -0.360 e. The molecule has 1 fully saturated rings. The average Bonchev–Trinajstić information content (AvgIpc) is 2.35. The topological polar surface area (TPSA) is 49.6 Å². The summed E-state index contributed by atoms with van der Waals surface area (Å²) in [6, 6.07) is 5.80. The number of hydrogen-bond acceptors (Lipinski definition) is 3. The predicted octanol–water partition coefficient (Wildman–Crippen LogP) is 1.25. The first-order chi connectivity index (χ1) is 8.52. The summed E-state index contributed by atoms with van der Waals surface area (Å²) in [5, 5.41) is 0.686. The van der Waals surface area contributed by atoms with Gasteiger partial charge < -0.3 is 15.5 Å². The van der Waals surface area contributed by atoms with Gasteiger partial charge in [-0.1, -0.05) is 17.7 Å². The molecule has 1 atom stereocenters. The van der Waals surface area contributed by atoms with Crippen LogP contribution in [0, 0.1) is 6.92 Å². The van der Waals surface area contributed by atoms with Gasteiger partial charge in [-0.15, -0.1) is 0 Å². The lowest BCUT2D eigenvalue weighted by atomic mass is 10.1. The molecule has 1 aromatic rings. The third kappa shape index (κ3) is 2.44. The normalized spacial score (nSPS) is 20.4. The Bertz CT molecular complexity index is 464. The molecule has 4 nitrogen and oxygen atoms in total. The van der Waals surface area contributed by atoms with Crippen LogP contribution in [0.1, 0.15) is 5.56 Å². The van der Waals surface area contributed by atoms with Gasteiger partial charge in [-0.25, -0.2) is 0 Å². The Morgan fingerprint density at radius 1 is 1.50 bits per heavy atom. The first-order valence-electron chi connectivity index (χ1n) is 5.99. The summed E-state index contributed by atoms with van der Waals surface area (Å²) >= 11 is 6.02. The van der Waals surface area contributed by atoms with Gasteiger partial charge in [0.2, 0.25) is 5.91 Å². The van der Waals surface area contributed by atoms with E-state index in [0.29, 0.717) is 18.1 Å². The van der Waals surface area contributed by atoms with E-state index in [1.165, 1.54) is 0 Å². The lowest BCUT2D eigenvalue weighted by Gasteiger charge is -2.40.